The third kappa shape index (κ3) is 2.93. The first-order valence-corrected chi connectivity index (χ1v) is 10.1. The standard InChI is InChI=1S/C20H18N6OS/c1-12-7-15(5-6-27-12)26-19(9-14-11-28-25-24-14)23-18-10-22-17-4-3-13(21-2)8-16(17)20(18)26/h3-4,8,10-12,15H,5-7,9H2,1H3/t12-,15-/m1/s1. The number of nitrogens with zero attached hydrogens (tertiary/aromatic N) is 6. The molecule has 0 aliphatic carbocycles. The van der Waals surface area contributed by atoms with Crippen LogP contribution in [0.5, 0.6) is 0 Å². The molecule has 1 fully saturated rings. The molecule has 0 unspecified atom stereocenters. The Labute approximate surface area is 166 Å². The van der Waals surface area contributed by atoms with Crippen molar-refractivity contribution >= 4 is 39.2 Å². The Morgan fingerprint density at radius 2 is 2.29 bits per heavy atom. The first-order chi connectivity index (χ1) is 13.7. The molecule has 0 N–H and O–H groups in total. The predicted octanol–water partition coefficient (Wildman–Crippen LogP) is 4.32. The summed E-state index contributed by atoms with van der Waals surface area (Å²) in [6, 6.07) is 5.94. The van der Waals surface area contributed by atoms with Gasteiger partial charge in [0, 0.05) is 23.4 Å². The minimum Gasteiger partial charge on any atom is -0.378 e. The summed E-state index contributed by atoms with van der Waals surface area (Å²) >= 11 is 1.35. The highest BCUT2D eigenvalue weighted by Gasteiger charge is 2.26. The lowest BCUT2D eigenvalue weighted by atomic mass is 10.0. The summed E-state index contributed by atoms with van der Waals surface area (Å²) in [6.07, 6.45) is 4.53. The fourth-order valence-corrected chi connectivity index (χ4v) is 4.48. The van der Waals surface area contributed by atoms with Crippen molar-refractivity contribution in [3.05, 3.63) is 52.7 Å². The molecule has 0 spiro atoms. The highest BCUT2D eigenvalue weighted by atomic mass is 32.1. The third-order valence-electron chi connectivity index (χ3n) is 5.27. The number of imidazole rings is 1. The summed E-state index contributed by atoms with van der Waals surface area (Å²) in [7, 11) is 0. The first kappa shape index (κ1) is 17.2. The third-order valence-corrected chi connectivity index (χ3v) is 5.82. The van der Waals surface area contributed by atoms with Gasteiger partial charge in [-0.1, -0.05) is 10.6 Å². The molecule has 2 atom stereocenters. The molecule has 140 valence electrons. The van der Waals surface area contributed by atoms with E-state index in [1.165, 1.54) is 11.5 Å². The highest BCUT2D eigenvalue weighted by molar-refractivity contribution is 7.03. The van der Waals surface area contributed by atoms with Gasteiger partial charge in [-0.25, -0.2) is 9.83 Å². The molecule has 1 aliphatic heterocycles. The molecule has 0 bridgehead atoms. The Balaban J connectivity index is 1.77. The normalized spacial score (nSPS) is 19.9. The largest absolute Gasteiger partial charge is 0.378 e. The number of hydrogen-bond donors (Lipinski definition) is 0. The Bertz CT molecular complexity index is 1190. The molecular weight excluding hydrogens is 372 g/mol. The minimum atomic E-state index is 0.205. The van der Waals surface area contributed by atoms with Gasteiger partial charge in [-0.05, 0) is 43.4 Å². The van der Waals surface area contributed by atoms with Gasteiger partial charge in [-0.3, -0.25) is 4.98 Å². The first-order valence-electron chi connectivity index (χ1n) is 9.27. The maximum absolute atomic E-state index is 7.39. The zero-order valence-electron chi connectivity index (χ0n) is 15.4. The Morgan fingerprint density at radius 1 is 1.36 bits per heavy atom. The van der Waals surface area contributed by atoms with Gasteiger partial charge < -0.3 is 9.30 Å². The number of aromatic nitrogens is 5. The van der Waals surface area contributed by atoms with Crippen LogP contribution in [-0.2, 0) is 11.2 Å². The number of hydrogen-bond acceptors (Lipinski definition) is 6. The van der Waals surface area contributed by atoms with Gasteiger partial charge in [-0.2, -0.15) is 0 Å². The SMILES string of the molecule is [C-]#[N+]c1ccc2ncc3nc(Cc4csnn4)n([C@@H]4CCO[C@H](C)C4)c3c2c1. The van der Waals surface area contributed by atoms with Crippen molar-refractivity contribution < 1.29 is 4.74 Å². The van der Waals surface area contributed by atoms with E-state index in [1.54, 1.807) is 0 Å². The van der Waals surface area contributed by atoms with Crippen molar-refractivity contribution in [1.82, 2.24) is 24.1 Å². The summed E-state index contributed by atoms with van der Waals surface area (Å²) in [5.74, 6) is 0.962. The van der Waals surface area contributed by atoms with Gasteiger partial charge in [0.1, 0.15) is 11.3 Å². The number of benzene rings is 1. The topological polar surface area (TPSA) is 70.1 Å². The van der Waals surface area contributed by atoms with Gasteiger partial charge in [0.05, 0.1) is 42.0 Å². The van der Waals surface area contributed by atoms with Crippen LogP contribution in [0, 0.1) is 6.57 Å². The summed E-state index contributed by atoms with van der Waals surface area (Å²) in [4.78, 5) is 13.1. The van der Waals surface area contributed by atoms with Crippen molar-refractivity contribution in [2.75, 3.05) is 6.61 Å². The summed E-state index contributed by atoms with van der Waals surface area (Å²) in [5.41, 5.74) is 4.31. The lowest BCUT2D eigenvalue weighted by molar-refractivity contribution is 0.00631. The highest BCUT2D eigenvalue weighted by Crippen LogP contribution is 2.35. The Kier molecular flexibility index (Phi) is 4.26. The molecule has 8 heteroatoms. The van der Waals surface area contributed by atoms with E-state index in [9.17, 15) is 0 Å². The predicted molar refractivity (Wildman–Crippen MR) is 108 cm³/mol. The molecule has 0 radical (unpaired) electrons. The summed E-state index contributed by atoms with van der Waals surface area (Å²) in [5, 5.41) is 7.14. The van der Waals surface area contributed by atoms with E-state index in [0.29, 0.717) is 12.1 Å². The van der Waals surface area contributed by atoms with Crippen LogP contribution < -0.4 is 0 Å². The van der Waals surface area contributed by atoms with Crippen LogP contribution in [0.1, 0.15) is 37.3 Å². The van der Waals surface area contributed by atoms with Crippen LogP contribution in [0.2, 0.25) is 0 Å². The van der Waals surface area contributed by atoms with Crippen LogP contribution >= 0.6 is 11.5 Å². The van der Waals surface area contributed by atoms with Gasteiger partial charge >= 0.3 is 0 Å². The van der Waals surface area contributed by atoms with E-state index in [0.717, 1.165) is 52.9 Å². The average Bonchev–Trinajstić information content (AvgIpc) is 3.35. The van der Waals surface area contributed by atoms with E-state index in [2.05, 4.69) is 30.9 Å². The molecule has 4 aromatic rings. The van der Waals surface area contributed by atoms with E-state index >= 15 is 0 Å². The second-order valence-electron chi connectivity index (χ2n) is 7.14. The number of rotatable bonds is 3. The quantitative estimate of drug-likeness (QED) is 0.487. The van der Waals surface area contributed by atoms with Crippen LogP contribution in [0.15, 0.2) is 29.8 Å². The van der Waals surface area contributed by atoms with E-state index in [4.69, 9.17) is 16.3 Å². The van der Waals surface area contributed by atoms with E-state index < -0.39 is 0 Å². The molecule has 4 heterocycles. The van der Waals surface area contributed by atoms with Crippen molar-refractivity contribution in [3.8, 4) is 0 Å². The van der Waals surface area contributed by atoms with Crippen LogP contribution in [0.3, 0.4) is 0 Å². The van der Waals surface area contributed by atoms with Crippen LogP contribution in [-0.4, -0.2) is 36.8 Å². The molecule has 28 heavy (non-hydrogen) atoms. The molecule has 7 nitrogen and oxygen atoms in total. The van der Waals surface area contributed by atoms with Gasteiger partial charge in [0.25, 0.3) is 0 Å². The number of pyridine rings is 1. The zero-order valence-corrected chi connectivity index (χ0v) is 16.2. The molecule has 5 rings (SSSR count). The van der Waals surface area contributed by atoms with Gasteiger partial charge in [0.15, 0.2) is 5.69 Å². The summed E-state index contributed by atoms with van der Waals surface area (Å²) in [6.45, 7) is 10.2. The smallest absolute Gasteiger partial charge is 0.188 e. The number of ether oxygens (including phenoxy) is 1. The van der Waals surface area contributed by atoms with E-state index in [1.807, 2.05) is 29.8 Å². The molecule has 1 aromatic carbocycles. The van der Waals surface area contributed by atoms with Gasteiger partial charge in [0.2, 0.25) is 0 Å². The van der Waals surface area contributed by atoms with Crippen molar-refractivity contribution in [1.29, 1.82) is 0 Å². The molecule has 3 aromatic heterocycles. The van der Waals surface area contributed by atoms with E-state index in [-0.39, 0.29) is 12.1 Å². The number of fused-ring (bicyclic) bond motifs is 3. The van der Waals surface area contributed by atoms with Crippen molar-refractivity contribution in [2.45, 2.75) is 38.3 Å². The molecule has 0 amide bonds. The average molecular weight is 390 g/mol. The lowest BCUT2D eigenvalue weighted by Crippen LogP contribution is -2.26. The Morgan fingerprint density at radius 3 is 3.07 bits per heavy atom. The Hall–Kier alpha value is -2.89. The molecule has 0 saturated carbocycles. The second kappa shape index (κ2) is 6.93. The summed E-state index contributed by atoms with van der Waals surface area (Å²) < 4.78 is 12.1. The molecule has 1 saturated heterocycles. The maximum Gasteiger partial charge on any atom is 0.188 e. The zero-order chi connectivity index (χ0) is 19.1. The maximum atomic E-state index is 7.39. The van der Waals surface area contributed by atoms with Crippen LogP contribution in [0.25, 0.3) is 26.8 Å². The molecular formula is C20H18N6OS. The fourth-order valence-electron chi connectivity index (χ4n) is 4.03. The lowest BCUT2D eigenvalue weighted by Gasteiger charge is -2.30. The van der Waals surface area contributed by atoms with Gasteiger partial charge in [-0.15, -0.1) is 5.10 Å². The van der Waals surface area contributed by atoms with Crippen LogP contribution in [0.4, 0.5) is 5.69 Å². The molecule has 1 aliphatic rings. The monoisotopic (exact) mass is 390 g/mol. The fraction of sp³-hybridized carbons (Fsp3) is 0.350. The van der Waals surface area contributed by atoms with Crippen molar-refractivity contribution in [3.63, 3.8) is 0 Å². The minimum absolute atomic E-state index is 0.205. The second-order valence-corrected chi connectivity index (χ2v) is 7.75. The van der Waals surface area contributed by atoms with Crippen molar-refractivity contribution in [2.24, 2.45) is 0 Å².